The summed E-state index contributed by atoms with van der Waals surface area (Å²) >= 11 is 0. The lowest BCUT2D eigenvalue weighted by atomic mass is 9.98. The molecule has 0 bridgehead atoms. The number of rotatable bonds is 3. The van der Waals surface area contributed by atoms with Crippen LogP contribution in [0, 0.1) is 0 Å². The number of amides is 1. The maximum absolute atomic E-state index is 11.3. The second-order valence-electron chi connectivity index (χ2n) is 4.09. The summed E-state index contributed by atoms with van der Waals surface area (Å²) < 4.78 is 14.9. The minimum absolute atomic E-state index is 0.290. The molecule has 0 atom stereocenters. The number of nitrogens with one attached hydrogen (secondary N) is 1. The fourth-order valence-corrected chi connectivity index (χ4v) is 1.51. The highest BCUT2D eigenvalue weighted by Gasteiger charge is 2.47. The van der Waals surface area contributed by atoms with Crippen molar-refractivity contribution in [1.82, 2.24) is 15.5 Å². The number of carbonyl (C=O) groups excluding carboxylic acids is 1. The third kappa shape index (κ3) is 2.08. The maximum Gasteiger partial charge on any atom is 0.407 e. The smallest absolute Gasteiger partial charge is 0.407 e. The summed E-state index contributed by atoms with van der Waals surface area (Å²) in [6.07, 6.45) is 1.33. The molecule has 18 heavy (non-hydrogen) atoms. The first-order valence-corrected chi connectivity index (χ1v) is 5.52. The number of nitrogens with zero attached hydrogens (tertiary/aromatic N) is 2. The van der Waals surface area contributed by atoms with E-state index in [-0.39, 0.29) is 0 Å². The van der Waals surface area contributed by atoms with E-state index in [1.165, 1.54) is 7.11 Å². The number of hydrogen-bond acceptors (Lipinski definition) is 6. The van der Waals surface area contributed by atoms with Crippen molar-refractivity contribution in [2.45, 2.75) is 19.4 Å². The molecule has 7 nitrogen and oxygen atoms in total. The molecule has 1 fully saturated rings. The Morgan fingerprint density at radius 2 is 2.28 bits per heavy atom. The molecule has 1 aromatic rings. The Hall–Kier alpha value is -1.89. The molecule has 98 valence electrons. The van der Waals surface area contributed by atoms with Gasteiger partial charge in [0.15, 0.2) is 11.4 Å². The van der Waals surface area contributed by atoms with Crippen LogP contribution in [0.2, 0.25) is 0 Å². The van der Waals surface area contributed by atoms with Gasteiger partial charge in [0, 0.05) is 0 Å². The summed E-state index contributed by atoms with van der Waals surface area (Å²) in [6.45, 7) is 4.35. The summed E-state index contributed by atoms with van der Waals surface area (Å²) in [5.74, 6) is 0.834. The standard InChI is InChI=1S/C11H15N3O4/c1-4-7(2)8-12-9(18-14-8)11(5-17-6-11)13-10(15)16-3/h4H,5-6H2,1-3H3,(H,13,15). The van der Waals surface area contributed by atoms with Crippen molar-refractivity contribution < 1.29 is 18.8 Å². The highest BCUT2D eigenvalue weighted by Crippen LogP contribution is 2.29. The van der Waals surface area contributed by atoms with Crippen molar-refractivity contribution in [1.29, 1.82) is 0 Å². The third-order valence-electron chi connectivity index (χ3n) is 2.84. The fourth-order valence-electron chi connectivity index (χ4n) is 1.51. The molecule has 2 heterocycles. The van der Waals surface area contributed by atoms with Gasteiger partial charge in [-0.05, 0) is 19.4 Å². The normalized spacial score (nSPS) is 18.1. The zero-order valence-electron chi connectivity index (χ0n) is 10.5. The van der Waals surface area contributed by atoms with Gasteiger partial charge in [0.2, 0.25) is 0 Å². The Morgan fingerprint density at radius 1 is 1.56 bits per heavy atom. The van der Waals surface area contributed by atoms with Crippen LogP contribution in [0.5, 0.6) is 0 Å². The van der Waals surface area contributed by atoms with E-state index in [1.807, 2.05) is 19.9 Å². The van der Waals surface area contributed by atoms with E-state index in [0.29, 0.717) is 24.9 Å². The van der Waals surface area contributed by atoms with Crippen LogP contribution in [-0.4, -0.2) is 36.6 Å². The summed E-state index contributed by atoms with van der Waals surface area (Å²) in [5.41, 5.74) is 0.130. The zero-order chi connectivity index (χ0) is 13.2. The highest BCUT2D eigenvalue weighted by atomic mass is 16.5. The van der Waals surface area contributed by atoms with Crippen molar-refractivity contribution in [3.05, 3.63) is 17.8 Å². The van der Waals surface area contributed by atoms with Gasteiger partial charge in [-0.2, -0.15) is 4.98 Å². The molecule has 1 aromatic heterocycles. The summed E-state index contributed by atoms with van der Waals surface area (Å²) in [7, 11) is 1.30. The molecule has 2 rings (SSSR count). The van der Waals surface area contributed by atoms with Crippen LogP contribution in [0.1, 0.15) is 25.6 Å². The first-order valence-electron chi connectivity index (χ1n) is 5.52. The average molecular weight is 253 g/mol. The van der Waals surface area contributed by atoms with Gasteiger partial charge in [-0.3, -0.25) is 0 Å². The van der Waals surface area contributed by atoms with Crippen LogP contribution in [0.15, 0.2) is 10.6 Å². The Morgan fingerprint density at radius 3 is 2.78 bits per heavy atom. The second-order valence-corrected chi connectivity index (χ2v) is 4.09. The number of allylic oxidation sites excluding steroid dienone is 2. The molecule has 1 aliphatic rings. The van der Waals surface area contributed by atoms with Gasteiger partial charge < -0.3 is 19.3 Å². The van der Waals surface area contributed by atoms with Crippen LogP contribution in [-0.2, 0) is 15.0 Å². The molecular formula is C11H15N3O4. The monoisotopic (exact) mass is 253 g/mol. The van der Waals surface area contributed by atoms with Crippen LogP contribution in [0.3, 0.4) is 0 Å². The molecule has 0 aromatic carbocycles. The minimum atomic E-state index is -0.771. The van der Waals surface area contributed by atoms with Gasteiger partial charge in [-0.25, -0.2) is 4.79 Å². The zero-order valence-corrected chi connectivity index (χ0v) is 10.5. The summed E-state index contributed by atoms with van der Waals surface area (Å²) in [4.78, 5) is 15.6. The van der Waals surface area contributed by atoms with Crippen molar-refractivity contribution in [2.24, 2.45) is 0 Å². The molecule has 1 amide bonds. The molecule has 1 aliphatic heterocycles. The highest BCUT2D eigenvalue weighted by molar-refractivity contribution is 5.68. The van der Waals surface area contributed by atoms with Crippen molar-refractivity contribution in [3.8, 4) is 0 Å². The molecule has 0 radical (unpaired) electrons. The minimum Gasteiger partial charge on any atom is -0.453 e. The molecular weight excluding hydrogens is 238 g/mol. The molecule has 0 spiro atoms. The number of hydrogen-bond donors (Lipinski definition) is 1. The Kier molecular flexibility index (Phi) is 3.33. The molecule has 1 N–H and O–H groups in total. The van der Waals surface area contributed by atoms with Gasteiger partial charge in [0.1, 0.15) is 0 Å². The SMILES string of the molecule is CC=C(C)c1noc(C2(NC(=O)OC)COC2)n1. The molecule has 7 heteroatoms. The van der Waals surface area contributed by atoms with Gasteiger partial charge >= 0.3 is 6.09 Å². The topological polar surface area (TPSA) is 86.5 Å². The molecule has 0 unspecified atom stereocenters. The first-order chi connectivity index (χ1) is 8.61. The Balaban J connectivity index is 2.23. The Bertz CT molecular complexity index is 476. The van der Waals surface area contributed by atoms with Crippen LogP contribution in [0.25, 0.3) is 5.57 Å². The number of methoxy groups -OCH3 is 1. The fraction of sp³-hybridized carbons (Fsp3) is 0.545. The summed E-state index contributed by atoms with van der Waals surface area (Å²) in [5, 5.41) is 6.53. The number of carbonyl (C=O) groups is 1. The van der Waals surface area contributed by atoms with Gasteiger partial charge in [0.05, 0.1) is 20.3 Å². The maximum atomic E-state index is 11.3. The number of alkyl carbamates (subject to hydrolysis) is 1. The van der Waals surface area contributed by atoms with Crippen LogP contribution < -0.4 is 5.32 Å². The number of ether oxygens (including phenoxy) is 2. The van der Waals surface area contributed by atoms with Gasteiger partial charge in [-0.15, -0.1) is 0 Å². The van der Waals surface area contributed by atoms with E-state index < -0.39 is 11.6 Å². The third-order valence-corrected chi connectivity index (χ3v) is 2.84. The largest absolute Gasteiger partial charge is 0.453 e. The predicted molar refractivity (Wildman–Crippen MR) is 61.7 cm³/mol. The lowest BCUT2D eigenvalue weighted by molar-refractivity contribution is -0.0894. The van der Waals surface area contributed by atoms with E-state index in [4.69, 9.17) is 9.26 Å². The van der Waals surface area contributed by atoms with Gasteiger partial charge in [-0.1, -0.05) is 11.2 Å². The van der Waals surface area contributed by atoms with Crippen LogP contribution >= 0.6 is 0 Å². The van der Waals surface area contributed by atoms with Crippen molar-refractivity contribution in [3.63, 3.8) is 0 Å². The van der Waals surface area contributed by atoms with Crippen molar-refractivity contribution >= 4 is 11.7 Å². The van der Waals surface area contributed by atoms with E-state index in [9.17, 15) is 4.79 Å². The predicted octanol–water partition coefficient (Wildman–Crippen LogP) is 1.07. The summed E-state index contributed by atoms with van der Waals surface area (Å²) in [6, 6.07) is 0. The van der Waals surface area contributed by atoms with Crippen molar-refractivity contribution in [2.75, 3.05) is 20.3 Å². The van der Waals surface area contributed by atoms with E-state index in [0.717, 1.165) is 5.57 Å². The molecule has 0 saturated carbocycles. The molecule has 1 saturated heterocycles. The van der Waals surface area contributed by atoms with Crippen LogP contribution in [0.4, 0.5) is 4.79 Å². The lowest BCUT2D eigenvalue weighted by Crippen LogP contribution is -2.59. The molecule has 0 aliphatic carbocycles. The average Bonchev–Trinajstić information content (AvgIpc) is 2.82. The van der Waals surface area contributed by atoms with Gasteiger partial charge in [0.25, 0.3) is 5.89 Å². The quantitative estimate of drug-likeness (QED) is 0.867. The van der Waals surface area contributed by atoms with E-state index in [1.54, 1.807) is 0 Å². The van der Waals surface area contributed by atoms with E-state index >= 15 is 0 Å². The first kappa shape index (κ1) is 12.6. The number of aromatic nitrogens is 2. The second kappa shape index (κ2) is 4.77. The lowest BCUT2D eigenvalue weighted by Gasteiger charge is -2.37. The Labute approximate surface area is 104 Å². The van der Waals surface area contributed by atoms with E-state index in [2.05, 4.69) is 20.2 Å².